The lowest BCUT2D eigenvalue weighted by Crippen LogP contribution is -2.16. The minimum absolute atomic E-state index is 0.144. The van der Waals surface area contributed by atoms with Crippen LogP contribution in [0.3, 0.4) is 0 Å². The summed E-state index contributed by atoms with van der Waals surface area (Å²) in [5.74, 6) is 0.144. The van der Waals surface area contributed by atoms with E-state index in [0.717, 1.165) is 8.04 Å². The Labute approximate surface area is 112 Å². The second kappa shape index (κ2) is 5.49. The van der Waals surface area contributed by atoms with Crippen LogP contribution in [0.15, 0.2) is 22.7 Å². The molecule has 84 valence electrons. The van der Waals surface area contributed by atoms with Crippen molar-refractivity contribution >= 4 is 54.2 Å². The van der Waals surface area contributed by atoms with Crippen molar-refractivity contribution in [3.8, 4) is 0 Å². The van der Waals surface area contributed by atoms with Crippen LogP contribution in [0.25, 0.3) is 0 Å². The zero-order chi connectivity index (χ0) is 11.5. The molecule has 0 amide bonds. The summed E-state index contributed by atoms with van der Waals surface area (Å²) in [6, 6.07) is 5.47. The first-order valence-electron chi connectivity index (χ1n) is 4.40. The highest BCUT2D eigenvalue weighted by Crippen LogP contribution is 2.25. The van der Waals surface area contributed by atoms with Gasteiger partial charge in [0.1, 0.15) is 0 Å². The van der Waals surface area contributed by atoms with E-state index in [1.54, 1.807) is 6.07 Å². The molecule has 0 saturated carbocycles. The average molecular weight is 404 g/mol. The molecule has 0 bridgehead atoms. The molecule has 0 atom stereocenters. The highest BCUT2D eigenvalue weighted by molar-refractivity contribution is 14.1. The maximum absolute atomic E-state index is 11.5. The molecule has 0 saturated heterocycles. The lowest BCUT2D eigenvalue weighted by molar-refractivity contribution is 0.600. The van der Waals surface area contributed by atoms with Crippen LogP contribution in [0.1, 0.15) is 13.3 Å². The highest BCUT2D eigenvalue weighted by Gasteiger charge is 2.10. The lowest BCUT2D eigenvalue weighted by atomic mass is 10.3. The second-order valence-electron chi connectivity index (χ2n) is 3.05. The zero-order valence-electron chi connectivity index (χ0n) is 8.13. The van der Waals surface area contributed by atoms with E-state index in [1.165, 1.54) is 0 Å². The van der Waals surface area contributed by atoms with Gasteiger partial charge in [-0.3, -0.25) is 4.72 Å². The maximum atomic E-state index is 11.5. The van der Waals surface area contributed by atoms with Crippen LogP contribution < -0.4 is 4.72 Å². The zero-order valence-corrected chi connectivity index (χ0v) is 12.7. The molecule has 1 aromatic carbocycles. The molecule has 0 aliphatic heterocycles. The van der Waals surface area contributed by atoms with Crippen LogP contribution in [0.4, 0.5) is 5.69 Å². The number of halogens is 2. The summed E-state index contributed by atoms with van der Waals surface area (Å²) in [5.41, 5.74) is 0.587. The summed E-state index contributed by atoms with van der Waals surface area (Å²) in [6.07, 6.45) is 0.608. The van der Waals surface area contributed by atoms with Crippen molar-refractivity contribution in [3.05, 3.63) is 26.2 Å². The minimum Gasteiger partial charge on any atom is -0.282 e. The van der Waals surface area contributed by atoms with Gasteiger partial charge in [0.2, 0.25) is 10.0 Å². The largest absolute Gasteiger partial charge is 0.282 e. The Morgan fingerprint density at radius 1 is 1.47 bits per heavy atom. The van der Waals surface area contributed by atoms with E-state index >= 15 is 0 Å². The van der Waals surface area contributed by atoms with Crippen LogP contribution >= 0.6 is 38.5 Å². The summed E-state index contributed by atoms with van der Waals surface area (Å²) >= 11 is 5.49. The first kappa shape index (κ1) is 13.2. The monoisotopic (exact) mass is 403 g/mol. The molecule has 0 heterocycles. The Balaban J connectivity index is 2.90. The summed E-state index contributed by atoms with van der Waals surface area (Å²) in [4.78, 5) is 0. The van der Waals surface area contributed by atoms with Gasteiger partial charge in [0.15, 0.2) is 0 Å². The molecular formula is C9H11BrINO2S. The van der Waals surface area contributed by atoms with E-state index in [-0.39, 0.29) is 5.75 Å². The number of hydrogen-bond donors (Lipinski definition) is 1. The number of sulfonamides is 1. The third-order valence-electron chi connectivity index (χ3n) is 1.67. The van der Waals surface area contributed by atoms with Crippen LogP contribution in [0.5, 0.6) is 0 Å². The quantitative estimate of drug-likeness (QED) is 0.784. The minimum atomic E-state index is -3.20. The van der Waals surface area contributed by atoms with Gasteiger partial charge in [0.05, 0.1) is 11.4 Å². The van der Waals surface area contributed by atoms with Crippen molar-refractivity contribution in [1.29, 1.82) is 0 Å². The van der Waals surface area contributed by atoms with Gasteiger partial charge < -0.3 is 0 Å². The molecule has 0 aliphatic rings. The molecule has 0 aliphatic carbocycles. The number of nitrogens with one attached hydrogen (secondary N) is 1. The van der Waals surface area contributed by atoms with Crippen molar-refractivity contribution in [3.63, 3.8) is 0 Å². The predicted octanol–water partition coefficient (Wildman–Crippen LogP) is 3.21. The Morgan fingerprint density at radius 3 is 2.67 bits per heavy atom. The van der Waals surface area contributed by atoms with Gasteiger partial charge >= 0.3 is 0 Å². The van der Waals surface area contributed by atoms with E-state index < -0.39 is 10.0 Å². The lowest BCUT2D eigenvalue weighted by Gasteiger charge is -2.08. The number of benzene rings is 1. The number of hydrogen-bond acceptors (Lipinski definition) is 2. The van der Waals surface area contributed by atoms with Crippen molar-refractivity contribution in [2.45, 2.75) is 13.3 Å². The van der Waals surface area contributed by atoms with E-state index in [1.807, 2.05) is 19.1 Å². The fraction of sp³-hybridized carbons (Fsp3) is 0.333. The maximum Gasteiger partial charge on any atom is 0.232 e. The van der Waals surface area contributed by atoms with Crippen LogP contribution in [-0.2, 0) is 10.0 Å². The van der Waals surface area contributed by atoms with Gasteiger partial charge in [-0.05, 0) is 63.1 Å². The molecule has 1 N–H and O–H groups in total. The van der Waals surface area contributed by atoms with Gasteiger partial charge in [-0.25, -0.2) is 8.42 Å². The first-order valence-corrected chi connectivity index (χ1v) is 7.92. The van der Waals surface area contributed by atoms with Gasteiger partial charge in [-0.2, -0.15) is 0 Å². The van der Waals surface area contributed by atoms with E-state index in [4.69, 9.17) is 0 Å². The third-order valence-corrected chi connectivity index (χ3v) is 4.47. The normalized spacial score (nSPS) is 11.4. The average Bonchev–Trinajstić information content (AvgIpc) is 2.09. The Kier molecular flexibility index (Phi) is 4.85. The van der Waals surface area contributed by atoms with Gasteiger partial charge in [0.25, 0.3) is 0 Å². The Morgan fingerprint density at radius 2 is 2.13 bits per heavy atom. The Hall–Kier alpha value is 0.180. The smallest absolute Gasteiger partial charge is 0.232 e. The second-order valence-corrected chi connectivity index (χ2v) is 6.99. The number of rotatable bonds is 4. The molecule has 15 heavy (non-hydrogen) atoms. The highest BCUT2D eigenvalue weighted by atomic mass is 127. The predicted molar refractivity (Wildman–Crippen MR) is 74.6 cm³/mol. The molecule has 1 aromatic rings. The van der Waals surface area contributed by atoms with Gasteiger partial charge in [-0.15, -0.1) is 0 Å². The van der Waals surface area contributed by atoms with Crippen LogP contribution in [0.2, 0.25) is 0 Å². The molecule has 0 aromatic heterocycles. The van der Waals surface area contributed by atoms with Crippen molar-refractivity contribution in [2.24, 2.45) is 0 Å². The summed E-state index contributed by atoms with van der Waals surface area (Å²) in [7, 11) is -3.20. The molecule has 1 rings (SSSR count). The number of anilines is 1. The Bertz CT molecular complexity index is 447. The van der Waals surface area contributed by atoms with Gasteiger partial charge in [-0.1, -0.05) is 6.92 Å². The summed E-state index contributed by atoms with van der Waals surface area (Å²) in [6.45, 7) is 1.84. The van der Waals surface area contributed by atoms with E-state index in [0.29, 0.717) is 12.1 Å². The fourth-order valence-electron chi connectivity index (χ4n) is 1.06. The molecule has 6 heteroatoms. The van der Waals surface area contributed by atoms with E-state index in [9.17, 15) is 8.42 Å². The molecular weight excluding hydrogens is 393 g/mol. The van der Waals surface area contributed by atoms with Gasteiger partial charge in [0, 0.05) is 8.04 Å². The standard InChI is InChI=1S/C9H11BrINO2S/c1-2-5-15(13,14)12-9-4-3-7(11)6-8(9)10/h3-4,6,12H,2,5H2,1H3. The molecule has 0 fully saturated rings. The SMILES string of the molecule is CCCS(=O)(=O)Nc1ccc(I)cc1Br. The molecule has 0 spiro atoms. The summed E-state index contributed by atoms with van der Waals surface area (Å²) < 4.78 is 27.4. The van der Waals surface area contributed by atoms with Crippen molar-refractivity contribution in [2.75, 3.05) is 10.5 Å². The summed E-state index contributed by atoms with van der Waals surface area (Å²) in [5, 5.41) is 0. The topological polar surface area (TPSA) is 46.2 Å². The molecule has 3 nitrogen and oxygen atoms in total. The van der Waals surface area contributed by atoms with Crippen molar-refractivity contribution < 1.29 is 8.42 Å². The molecule has 0 radical (unpaired) electrons. The van der Waals surface area contributed by atoms with Crippen molar-refractivity contribution in [1.82, 2.24) is 0 Å². The van der Waals surface area contributed by atoms with Crippen LogP contribution in [-0.4, -0.2) is 14.2 Å². The van der Waals surface area contributed by atoms with E-state index in [2.05, 4.69) is 43.2 Å². The molecule has 0 unspecified atom stereocenters. The third kappa shape index (κ3) is 4.28. The first-order chi connectivity index (χ1) is 6.94. The van der Waals surface area contributed by atoms with Crippen LogP contribution in [0, 0.1) is 3.57 Å². The fourth-order valence-corrected chi connectivity index (χ4v) is 3.74.